The number of benzene rings is 1. The second-order valence-corrected chi connectivity index (χ2v) is 5.17. The first kappa shape index (κ1) is 20.4. The Morgan fingerprint density at radius 1 is 1.08 bits per heavy atom. The van der Waals surface area contributed by atoms with E-state index >= 15 is 0 Å². The zero-order valence-electron chi connectivity index (χ0n) is 14.2. The van der Waals surface area contributed by atoms with Crippen LogP contribution < -0.4 is 10.6 Å². The van der Waals surface area contributed by atoms with E-state index in [4.69, 9.17) is 4.74 Å². The summed E-state index contributed by atoms with van der Waals surface area (Å²) in [5.41, 5.74) is 3.45. The van der Waals surface area contributed by atoms with Gasteiger partial charge in [0.05, 0.1) is 6.61 Å². The summed E-state index contributed by atoms with van der Waals surface area (Å²) in [5.74, 6) is 0.793. The highest BCUT2D eigenvalue weighted by Crippen LogP contribution is 2.05. The van der Waals surface area contributed by atoms with Crippen LogP contribution in [-0.2, 0) is 24.3 Å². The van der Waals surface area contributed by atoms with Gasteiger partial charge >= 0.3 is 0 Å². The predicted octanol–water partition coefficient (Wildman–Crippen LogP) is 2.75. The van der Waals surface area contributed by atoms with Gasteiger partial charge in [-0.15, -0.1) is 24.0 Å². The number of aliphatic imine (C=N–C) groups is 1. The van der Waals surface area contributed by atoms with Gasteiger partial charge in [-0.1, -0.05) is 30.3 Å². The van der Waals surface area contributed by atoms with Crippen molar-refractivity contribution in [2.45, 2.75) is 19.6 Å². The third-order valence-electron chi connectivity index (χ3n) is 3.42. The molecule has 6 heteroatoms. The molecule has 0 aliphatic carbocycles. The Labute approximate surface area is 161 Å². The molecular weight excluding hydrogens is 415 g/mol. The van der Waals surface area contributed by atoms with Crippen molar-refractivity contribution in [1.82, 2.24) is 15.6 Å². The van der Waals surface area contributed by atoms with Gasteiger partial charge in [0.15, 0.2) is 5.96 Å². The minimum atomic E-state index is 0. The molecule has 2 aromatic rings. The molecule has 0 amide bonds. The molecule has 0 bridgehead atoms. The Kier molecular flexibility index (Phi) is 10.0. The molecule has 24 heavy (non-hydrogen) atoms. The fourth-order valence-electron chi connectivity index (χ4n) is 2.18. The van der Waals surface area contributed by atoms with Crippen molar-refractivity contribution >= 4 is 29.9 Å². The lowest BCUT2D eigenvalue weighted by Crippen LogP contribution is -2.37. The molecule has 0 aliphatic rings. The maximum Gasteiger partial charge on any atom is 0.191 e. The number of nitrogens with one attached hydrogen (secondary N) is 2. The number of nitrogens with zero attached hydrogens (tertiary/aromatic N) is 2. The van der Waals surface area contributed by atoms with E-state index in [1.165, 1.54) is 11.1 Å². The lowest BCUT2D eigenvalue weighted by molar-refractivity contribution is 0.185. The first-order chi connectivity index (χ1) is 11.3. The highest BCUT2D eigenvalue weighted by molar-refractivity contribution is 14.0. The maximum absolute atomic E-state index is 5.11. The number of halogens is 1. The quantitative estimate of drug-likeness (QED) is 0.395. The molecule has 1 aromatic heterocycles. The summed E-state index contributed by atoms with van der Waals surface area (Å²) in [5, 5.41) is 6.61. The number of guanidine groups is 1. The van der Waals surface area contributed by atoms with Gasteiger partial charge in [-0.3, -0.25) is 9.98 Å². The van der Waals surface area contributed by atoms with Crippen molar-refractivity contribution in [3.63, 3.8) is 0 Å². The van der Waals surface area contributed by atoms with E-state index in [-0.39, 0.29) is 24.0 Å². The summed E-state index contributed by atoms with van der Waals surface area (Å²) < 4.78 is 5.11. The van der Waals surface area contributed by atoms with Crippen LogP contribution >= 0.6 is 24.0 Å². The minimum Gasteiger partial charge on any atom is -0.380 e. The first-order valence-corrected chi connectivity index (χ1v) is 7.73. The average Bonchev–Trinajstić information content (AvgIpc) is 2.60. The van der Waals surface area contributed by atoms with E-state index in [1.54, 1.807) is 14.2 Å². The number of hydrogen-bond acceptors (Lipinski definition) is 3. The third-order valence-corrected chi connectivity index (χ3v) is 3.42. The van der Waals surface area contributed by atoms with Gasteiger partial charge in [-0.2, -0.15) is 0 Å². The molecule has 1 heterocycles. The molecule has 0 fully saturated rings. The molecule has 0 saturated carbocycles. The average molecular weight is 440 g/mol. The Morgan fingerprint density at radius 2 is 1.83 bits per heavy atom. The van der Waals surface area contributed by atoms with Crippen molar-refractivity contribution in [3.8, 4) is 0 Å². The van der Waals surface area contributed by atoms with E-state index in [2.05, 4.69) is 44.9 Å². The number of ether oxygens (including phenoxy) is 1. The largest absolute Gasteiger partial charge is 0.380 e. The number of rotatable bonds is 7. The Morgan fingerprint density at radius 3 is 2.46 bits per heavy atom. The van der Waals surface area contributed by atoms with E-state index in [0.29, 0.717) is 6.61 Å². The second kappa shape index (κ2) is 11.8. The third kappa shape index (κ3) is 7.27. The van der Waals surface area contributed by atoms with Gasteiger partial charge in [-0.05, 0) is 23.3 Å². The van der Waals surface area contributed by atoms with Gasteiger partial charge in [0.25, 0.3) is 0 Å². The minimum absolute atomic E-state index is 0. The van der Waals surface area contributed by atoms with Crippen LogP contribution in [0.1, 0.15) is 16.8 Å². The van der Waals surface area contributed by atoms with Gasteiger partial charge in [0, 0.05) is 45.6 Å². The zero-order valence-corrected chi connectivity index (χ0v) is 16.5. The molecule has 5 nitrogen and oxygen atoms in total. The van der Waals surface area contributed by atoms with Crippen molar-refractivity contribution in [2.24, 2.45) is 4.99 Å². The zero-order chi connectivity index (χ0) is 16.3. The number of methoxy groups -OCH3 is 1. The molecule has 0 atom stereocenters. The Hall–Kier alpha value is -1.67. The molecule has 0 radical (unpaired) electrons. The van der Waals surface area contributed by atoms with Crippen molar-refractivity contribution < 1.29 is 4.74 Å². The van der Waals surface area contributed by atoms with Crippen molar-refractivity contribution in [3.05, 3.63) is 65.5 Å². The summed E-state index contributed by atoms with van der Waals surface area (Å²) in [6.45, 7) is 2.17. The highest BCUT2D eigenvalue weighted by Gasteiger charge is 2.00. The summed E-state index contributed by atoms with van der Waals surface area (Å²) in [4.78, 5) is 8.54. The SMILES string of the molecule is CN=C(NCCc1ccccn1)NCc1ccc(COC)cc1.I. The van der Waals surface area contributed by atoms with Crippen LogP contribution in [0.25, 0.3) is 0 Å². The van der Waals surface area contributed by atoms with Gasteiger partial charge in [0.2, 0.25) is 0 Å². The van der Waals surface area contributed by atoms with E-state index in [1.807, 2.05) is 24.4 Å². The monoisotopic (exact) mass is 440 g/mol. The highest BCUT2D eigenvalue weighted by atomic mass is 127. The molecule has 130 valence electrons. The van der Waals surface area contributed by atoms with E-state index in [9.17, 15) is 0 Å². The van der Waals surface area contributed by atoms with Crippen LogP contribution in [0.3, 0.4) is 0 Å². The molecule has 0 spiro atoms. The fraction of sp³-hybridized carbons (Fsp3) is 0.333. The summed E-state index contributed by atoms with van der Waals surface area (Å²) in [7, 11) is 3.48. The molecule has 2 N–H and O–H groups in total. The molecular formula is C18H25IN4O. The van der Waals surface area contributed by atoms with Gasteiger partial charge in [0.1, 0.15) is 0 Å². The molecule has 2 rings (SSSR count). The maximum atomic E-state index is 5.11. The second-order valence-electron chi connectivity index (χ2n) is 5.17. The van der Waals surface area contributed by atoms with Crippen LogP contribution in [0.2, 0.25) is 0 Å². The van der Waals surface area contributed by atoms with Crippen LogP contribution in [-0.4, -0.2) is 31.6 Å². The molecule has 0 unspecified atom stereocenters. The smallest absolute Gasteiger partial charge is 0.191 e. The van der Waals surface area contributed by atoms with Crippen LogP contribution in [0.5, 0.6) is 0 Å². The summed E-state index contributed by atoms with van der Waals surface area (Å²) in [6, 6.07) is 14.3. The van der Waals surface area contributed by atoms with Crippen molar-refractivity contribution in [2.75, 3.05) is 20.7 Å². The van der Waals surface area contributed by atoms with Crippen LogP contribution in [0.4, 0.5) is 0 Å². The molecule has 1 aromatic carbocycles. The number of hydrogen-bond donors (Lipinski definition) is 2. The molecule has 0 aliphatic heterocycles. The Balaban J connectivity index is 0.00000288. The normalized spacial score (nSPS) is 10.8. The summed E-state index contributed by atoms with van der Waals surface area (Å²) in [6.07, 6.45) is 2.68. The topological polar surface area (TPSA) is 58.5 Å². The van der Waals surface area contributed by atoms with Gasteiger partial charge in [-0.25, -0.2) is 0 Å². The van der Waals surface area contributed by atoms with Crippen LogP contribution in [0, 0.1) is 0 Å². The number of aromatic nitrogens is 1. The summed E-state index contributed by atoms with van der Waals surface area (Å²) >= 11 is 0. The Bertz CT molecular complexity index is 602. The van der Waals surface area contributed by atoms with E-state index < -0.39 is 0 Å². The fourth-order valence-corrected chi connectivity index (χ4v) is 2.18. The first-order valence-electron chi connectivity index (χ1n) is 7.73. The molecule has 0 saturated heterocycles. The van der Waals surface area contributed by atoms with Crippen LogP contribution in [0.15, 0.2) is 53.7 Å². The van der Waals surface area contributed by atoms with Gasteiger partial charge < -0.3 is 15.4 Å². The lowest BCUT2D eigenvalue weighted by Gasteiger charge is -2.12. The standard InChI is InChI=1S/C18H24N4O.HI/c1-19-18(21-12-10-17-5-3-4-11-20-17)22-13-15-6-8-16(9-7-15)14-23-2;/h3-9,11H,10,12-14H2,1-2H3,(H2,19,21,22);1H. The lowest BCUT2D eigenvalue weighted by atomic mass is 10.1. The van der Waals surface area contributed by atoms with Crippen molar-refractivity contribution in [1.29, 1.82) is 0 Å². The predicted molar refractivity (Wildman–Crippen MR) is 109 cm³/mol. The van der Waals surface area contributed by atoms with E-state index in [0.717, 1.165) is 31.2 Å². The number of pyridine rings is 1.